The van der Waals surface area contributed by atoms with Crippen LogP contribution in [-0.4, -0.2) is 21.9 Å². The van der Waals surface area contributed by atoms with Gasteiger partial charge in [-0.25, -0.2) is 0 Å². The predicted molar refractivity (Wildman–Crippen MR) is 74.2 cm³/mol. The van der Waals surface area contributed by atoms with Gasteiger partial charge >= 0.3 is 6.01 Å². The van der Waals surface area contributed by atoms with Crippen molar-refractivity contribution in [2.75, 3.05) is 11.1 Å². The Bertz CT molecular complexity index is 551. The van der Waals surface area contributed by atoms with Crippen LogP contribution < -0.4 is 5.32 Å². The Hall–Kier alpha value is -1.82. The highest BCUT2D eigenvalue weighted by Crippen LogP contribution is 2.19. The molecule has 1 N–H and O–H groups in total. The smallest absolute Gasteiger partial charge is 0.322 e. The van der Waals surface area contributed by atoms with Gasteiger partial charge in [0, 0.05) is 11.8 Å². The lowest BCUT2D eigenvalue weighted by Crippen LogP contribution is -2.05. The Morgan fingerprint density at radius 1 is 1.32 bits per heavy atom. The van der Waals surface area contributed by atoms with Crippen LogP contribution in [0.15, 0.2) is 33.6 Å². The first-order chi connectivity index (χ1) is 9.17. The molecule has 19 heavy (non-hydrogen) atoms. The number of aromatic nitrogens is 2. The lowest BCUT2D eigenvalue weighted by Gasteiger charge is -2.00. The number of rotatable bonds is 5. The Kier molecular flexibility index (Phi) is 4.57. The first-order valence-corrected chi connectivity index (χ1v) is 6.97. The number of nitrogens with zero attached hydrogens (tertiary/aromatic N) is 2. The third-order valence-electron chi connectivity index (χ3n) is 2.34. The van der Waals surface area contributed by atoms with Crippen molar-refractivity contribution in [2.45, 2.75) is 25.2 Å². The summed E-state index contributed by atoms with van der Waals surface area (Å²) in [4.78, 5) is 12.1. The molecule has 1 aromatic heterocycles. The number of nitrogens with one attached hydrogen (secondary N) is 1. The zero-order valence-electron chi connectivity index (χ0n) is 10.8. The normalized spacial score (nSPS) is 10.4. The SMILES string of the molecule is CCSc1ccc(Cc2nnc(NC(C)=O)o2)cc1. The number of amides is 1. The molecule has 0 fully saturated rings. The van der Waals surface area contributed by atoms with Crippen LogP contribution in [-0.2, 0) is 11.2 Å². The zero-order valence-corrected chi connectivity index (χ0v) is 11.7. The summed E-state index contributed by atoms with van der Waals surface area (Å²) >= 11 is 1.80. The number of carbonyl (C=O) groups is 1. The van der Waals surface area contributed by atoms with E-state index in [2.05, 4.69) is 34.6 Å². The third-order valence-corrected chi connectivity index (χ3v) is 3.23. The molecule has 5 nitrogen and oxygen atoms in total. The molecule has 0 aliphatic heterocycles. The molecule has 100 valence electrons. The van der Waals surface area contributed by atoms with E-state index in [0.29, 0.717) is 12.3 Å². The molecule has 0 saturated heterocycles. The molecule has 1 amide bonds. The molecule has 0 aliphatic rings. The van der Waals surface area contributed by atoms with Crippen molar-refractivity contribution in [3.8, 4) is 0 Å². The fourth-order valence-corrected chi connectivity index (χ4v) is 2.23. The van der Waals surface area contributed by atoms with Crippen LogP contribution in [0, 0.1) is 0 Å². The topological polar surface area (TPSA) is 68.0 Å². The van der Waals surface area contributed by atoms with Gasteiger partial charge in [0.15, 0.2) is 0 Å². The molecular formula is C13H15N3O2S. The van der Waals surface area contributed by atoms with E-state index in [1.165, 1.54) is 11.8 Å². The van der Waals surface area contributed by atoms with Gasteiger partial charge in [0.1, 0.15) is 0 Å². The molecule has 0 aliphatic carbocycles. The maximum Gasteiger partial charge on any atom is 0.322 e. The summed E-state index contributed by atoms with van der Waals surface area (Å²) < 4.78 is 5.32. The van der Waals surface area contributed by atoms with E-state index < -0.39 is 0 Å². The van der Waals surface area contributed by atoms with Crippen LogP contribution in [0.4, 0.5) is 6.01 Å². The monoisotopic (exact) mass is 277 g/mol. The molecule has 1 heterocycles. The van der Waals surface area contributed by atoms with E-state index >= 15 is 0 Å². The number of thioether (sulfide) groups is 1. The van der Waals surface area contributed by atoms with Gasteiger partial charge in [-0.3, -0.25) is 10.1 Å². The van der Waals surface area contributed by atoms with Crippen molar-refractivity contribution in [3.63, 3.8) is 0 Å². The average molecular weight is 277 g/mol. The number of hydrogen-bond acceptors (Lipinski definition) is 5. The van der Waals surface area contributed by atoms with Crippen molar-refractivity contribution in [2.24, 2.45) is 0 Å². The van der Waals surface area contributed by atoms with Crippen LogP contribution >= 0.6 is 11.8 Å². The van der Waals surface area contributed by atoms with Crippen molar-refractivity contribution < 1.29 is 9.21 Å². The number of hydrogen-bond donors (Lipinski definition) is 1. The Balaban J connectivity index is 2.00. The summed E-state index contributed by atoms with van der Waals surface area (Å²) in [6, 6.07) is 8.38. The Morgan fingerprint density at radius 3 is 2.68 bits per heavy atom. The minimum atomic E-state index is -0.226. The summed E-state index contributed by atoms with van der Waals surface area (Å²) in [7, 11) is 0. The van der Waals surface area contributed by atoms with Gasteiger partial charge in [-0.15, -0.1) is 16.9 Å². The van der Waals surface area contributed by atoms with Crippen LogP contribution in [0.5, 0.6) is 0 Å². The van der Waals surface area contributed by atoms with Crippen LogP contribution in [0.1, 0.15) is 25.3 Å². The van der Waals surface area contributed by atoms with E-state index in [0.717, 1.165) is 11.3 Å². The highest BCUT2D eigenvalue weighted by Gasteiger charge is 2.07. The molecule has 0 spiro atoms. The molecule has 0 bridgehead atoms. The van der Waals surface area contributed by atoms with Crippen LogP contribution in [0.2, 0.25) is 0 Å². The minimum absolute atomic E-state index is 0.139. The van der Waals surface area contributed by atoms with Gasteiger partial charge in [-0.2, -0.15) is 0 Å². The average Bonchev–Trinajstić information content (AvgIpc) is 2.78. The molecule has 0 radical (unpaired) electrons. The number of anilines is 1. The first-order valence-electron chi connectivity index (χ1n) is 5.99. The van der Waals surface area contributed by atoms with Crippen molar-refractivity contribution >= 4 is 23.7 Å². The fourth-order valence-electron chi connectivity index (χ4n) is 1.57. The largest absolute Gasteiger partial charge is 0.407 e. The highest BCUT2D eigenvalue weighted by molar-refractivity contribution is 7.99. The summed E-state index contributed by atoms with van der Waals surface area (Å²) in [6.45, 7) is 3.52. The van der Waals surface area contributed by atoms with E-state index in [-0.39, 0.29) is 11.9 Å². The quantitative estimate of drug-likeness (QED) is 0.851. The van der Waals surface area contributed by atoms with Gasteiger partial charge in [0.05, 0.1) is 6.42 Å². The fraction of sp³-hybridized carbons (Fsp3) is 0.308. The number of benzene rings is 1. The Morgan fingerprint density at radius 2 is 2.05 bits per heavy atom. The van der Waals surface area contributed by atoms with Crippen molar-refractivity contribution in [3.05, 3.63) is 35.7 Å². The summed E-state index contributed by atoms with van der Waals surface area (Å²) in [5.74, 6) is 1.32. The molecule has 0 unspecified atom stereocenters. The molecule has 0 saturated carbocycles. The standard InChI is InChI=1S/C13H15N3O2S/c1-3-19-11-6-4-10(5-7-11)8-12-15-16-13(18-12)14-9(2)17/h4-7H,3,8H2,1-2H3,(H,14,16,17). The van der Waals surface area contributed by atoms with Crippen molar-refractivity contribution in [1.82, 2.24) is 10.2 Å². The lowest BCUT2D eigenvalue weighted by atomic mass is 10.1. The van der Waals surface area contributed by atoms with Crippen molar-refractivity contribution in [1.29, 1.82) is 0 Å². The van der Waals surface area contributed by atoms with Crippen LogP contribution in [0.25, 0.3) is 0 Å². The van der Waals surface area contributed by atoms with Gasteiger partial charge in [-0.05, 0) is 23.4 Å². The Labute approximate surface area is 115 Å². The maximum atomic E-state index is 10.8. The minimum Gasteiger partial charge on any atom is -0.407 e. The number of carbonyl (C=O) groups excluding carboxylic acids is 1. The maximum absolute atomic E-state index is 10.8. The zero-order chi connectivity index (χ0) is 13.7. The lowest BCUT2D eigenvalue weighted by molar-refractivity contribution is -0.114. The summed E-state index contributed by atoms with van der Waals surface area (Å²) in [5.41, 5.74) is 1.10. The predicted octanol–water partition coefficient (Wildman–Crippen LogP) is 2.73. The molecule has 1 aromatic carbocycles. The van der Waals surface area contributed by atoms with Gasteiger partial charge < -0.3 is 4.42 Å². The highest BCUT2D eigenvalue weighted by atomic mass is 32.2. The van der Waals surface area contributed by atoms with Crippen LogP contribution in [0.3, 0.4) is 0 Å². The van der Waals surface area contributed by atoms with E-state index in [1.54, 1.807) is 11.8 Å². The van der Waals surface area contributed by atoms with Gasteiger partial charge in [0.25, 0.3) is 0 Å². The molecule has 0 atom stereocenters. The molecular weight excluding hydrogens is 262 g/mol. The van der Waals surface area contributed by atoms with E-state index in [1.807, 2.05) is 12.1 Å². The van der Waals surface area contributed by atoms with E-state index in [4.69, 9.17) is 4.42 Å². The van der Waals surface area contributed by atoms with E-state index in [9.17, 15) is 4.79 Å². The second-order valence-corrected chi connectivity index (χ2v) is 5.27. The molecule has 2 rings (SSSR count). The molecule has 2 aromatic rings. The third kappa shape index (κ3) is 4.10. The second-order valence-electron chi connectivity index (χ2n) is 3.94. The van der Waals surface area contributed by atoms with Gasteiger partial charge in [-0.1, -0.05) is 24.2 Å². The van der Waals surface area contributed by atoms with Gasteiger partial charge in [0.2, 0.25) is 11.8 Å². The second kappa shape index (κ2) is 6.38. The summed E-state index contributed by atoms with van der Waals surface area (Å²) in [6.07, 6.45) is 0.559. The first kappa shape index (κ1) is 13.6. The molecule has 6 heteroatoms. The summed E-state index contributed by atoms with van der Waals surface area (Å²) in [5, 5.41) is 10.1.